The van der Waals surface area contributed by atoms with Crippen molar-refractivity contribution < 1.29 is 16.8 Å². The van der Waals surface area contributed by atoms with Crippen molar-refractivity contribution in [1.82, 2.24) is 9.03 Å². The van der Waals surface area contributed by atoms with Crippen LogP contribution in [-0.2, 0) is 25.8 Å². The van der Waals surface area contributed by atoms with Crippen LogP contribution in [0.25, 0.3) is 0 Å². The molecule has 0 saturated carbocycles. The van der Waals surface area contributed by atoms with Gasteiger partial charge in [-0.25, -0.2) is 25.9 Å². The molecular formula is C12H20N2O4S2. The summed E-state index contributed by atoms with van der Waals surface area (Å²) in [7, 11) is -5.13. The molecule has 0 saturated heterocycles. The molecule has 8 heteroatoms. The molecule has 1 aromatic rings. The molecule has 6 nitrogen and oxygen atoms in total. The van der Waals surface area contributed by atoms with Gasteiger partial charge < -0.3 is 0 Å². The van der Waals surface area contributed by atoms with E-state index in [0.717, 1.165) is 6.26 Å². The standard InChI is InChI=1S/C12H20N2O4S2/c1-14(19(2,15)16)10-6-9-13-20(17,18)11-12-7-4-3-5-8-12/h3-5,7-8,13H,6,9-11H2,1-2H3. The average molecular weight is 320 g/mol. The van der Waals surface area contributed by atoms with Crippen LogP contribution in [-0.4, -0.2) is 47.5 Å². The molecule has 0 spiro atoms. The summed E-state index contributed by atoms with van der Waals surface area (Å²) in [6.45, 7) is 0.502. The third-order valence-corrected chi connectivity index (χ3v) is 5.41. The van der Waals surface area contributed by atoms with Crippen molar-refractivity contribution in [2.75, 3.05) is 26.4 Å². The van der Waals surface area contributed by atoms with Gasteiger partial charge in [0.25, 0.3) is 0 Å². The van der Waals surface area contributed by atoms with Crippen LogP contribution in [0.15, 0.2) is 30.3 Å². The third kappa shape index (κ3) is 6.47. The van der Waals surface area contributed by atoms with Crippen LogP contribution in [0.1, 0.15) is 12.0 Å². The third-order valence-electron chi connectivity index (χ3n) is 2.74. The predicted molar refractivity (Wildman–Crippen MR) is 79.2 cm³/mol. The second-order valence-electron chi connectivity index (χ2n) is 4.58. The molecular weight excluding hydrogens is 300 g/mol. The van der Waals surface area contributed by atoms with E-state index in [1.165, 1.54) is 11.4 Å². The van der Waals surface area contributed by atoms with E-state index in [9.17, 15) is 16.8 Å². The number of hydrogen-bond acceptors (Lipinski definition) is 4. The summed E-state index contributed by atoms with van der Waals surface area (Å²) in [4.78, 5) is 0. The van der Waals surface area contributed by atoms with Gasteiger partial charge in [0.15, 0.2) is 0 Å². The van der Waals surface area contributed by atoms with Crippen LogP contribution < -0.4 is 4.72 Å². The van der Waals surface area contributed by atoms with Crippen molar-refractivity contribution in [2.24, 2.45) is 0 Å². The van der Waals surface area contributed by atoms with Gasteiger partial charge in [-0.3, -0.25) is 0 Å². The van der Waals surface area contributed by atoms with Gasteiger partial charge in [-0.1, -0.05) is 30.3 Å². The van der Waals surface area contributed by atoms with E-state index in [-0.39, 0.29) is 18.8 Å². The summed E-state index contributed by atoms with van der Waals surface area (Å²) in [5, 5.41) is 0. The fraction of sp³-hybridized carbons (Fsp3) is 0.500. The molecule has 0 fully saturated rings. The molecule has 1 N–H and O–H groups in total. The highest BCUT2D eigenvalue weighted by Crippen LogP contribution is 2.04. The molecule has 0 aliphatic carbocycles. The maximum atomic E-state index is 11.8. The molecule has 1 aromatic carbocycles. The molecule has 0 unspecified atom stereocenters. The van der Waals surface area contributed by atoms with Crippen LogP contribution in [0.5, 0.6) is 0 Å². The van der Waals surface area contributed by atoms with E-state index in [4.69, 9.17) is 0 Å². The summed E-state index contributed by atoms with van der Waals surface area (Å²) < 4.78 is 49.6. The van der Waals surface area contributed by atoms with E-state index >= 15 is 0 Å². The molecule has 0 heterocycles. The molecule has 1 rings (SSSR count). The van der Waals surface area contributed by atoms with Gasteiger partial charge in [-0.15, -0.1) is 0 Å². The van der Waals surface area contributed by atoms with Gasteiger partial charge in [0.05, 0.1) is 12.0 Å². The average Bonchev–Trinajstić information content (AvgIpc) is 2.34. The van der Waals surface area contributed by atoms with Crippen LogP contribution in [0.4, 0.5) is 0 Å². The molecule has 0 bridgehead atoms. The SMILES string of the molecule is CN(CCCNS(=O)(=O)Cc1ccccc1)S(C)(=O)=O. The lowest BCUT2D eigenvalue weighted by Gasteiger charge is -2.13. The first-order chi connectivity index (χ1) is 9.21. The first kappa shape index (κ1) is 17.1. The first-order valence-electron chi connectivity index (χ1n) is 6.13. The number of hydrogen-bond donors (Lipinski definition) is 1. The van der Waals surface area contributed by atoms with Crippen molar-refractivity contribution in [3.05, 3.63) is 35.9 Å². The molecule has 114 valence electrons. The number of nitrogens with one attached hydrogen (secondary N) is 1. The first-order valence-corrected chi connectivity index (χ1v) is 9.63. The maximum absolute atomic E-state index is 11.8. The normalized spacial score (nSPS) is 12.8. The molecule has 0 aliphatic heterocycles. The second kappa shape index (κ2) is 7.16. The molecule has 0 aromatic heterocycles. The van der Waals surface area contributed by atoms with E-state index in [2.05, 4.69) is 4.72 Å². The van der Waals surface area contributed by atoms with Crippen LogP contribution in [0.2, 0.25) is 0 Å². The van der Waals surface area contributed by atoms with Crippen molar-refractivity contribution in [3.8, 4) is 0 Å². The lowest BCUT2D eigenvalue weighted by Crippen LogP contribution is -2.31. The Bertz CT molecular complexity index is 612. The fourth-order valence-electron chi connectivity index (χ4n) is 1.54. The Morgan fingerprint density at radius 1 is 1.10 bits per heavy atom. The Kier molecular flexibility index (Phi) is 6.12. The van der Waals surface area contributed by atoms with Gasteiger partial charge in [-0.2, -0.15) is 0 Å². The van der Waals surface area contributed by atoms with Crippen LogP contribution >= 0.6 is 0 Å². The zero-order valence-electron chi connectivity index (χ0n) is 11.6. The van der Waals surface area contributed by atoms with Crippen molar-refractivity contribution in [1.29, 1.82) is 0 Å². The minimum Gasteiger partial charge on any atom is -0.215 e. The van der Waals surface area contributed by atoms with Crippen molar-refractivity contribution in [2.45, 2.75) is 12.2 Å². The number of rotatable bonds is 8. The number of sulfonamides is 2. The van der Waals surface area contributed by atoms with E-state index in [1.807, 2.05) is 6.07 Å². The van der Waals surface area contributed by atoms with Gasteiger partial charge >= 0.3 is 0 Å². The molecule has 0 radical (unpaired) electrons. The van der Waals surface area contributed by atoms with Gasteiger partial charge in [0, 0.05) is 20.1 Å². The van der Waals surface area contributed by atoms with Crippen molar-refractivity contribution in [3.63, 3.8) is 0 Å². The Morgan fingerprint density at radius 2 is 1.70 bits per heavy atom. The van der Waals surface area contributed by atoms with E-state index in [0.29, 0.717) is 12.0 Å². The summed E-state index contributed by atoms with van der Waals surface area (Å²) in [5.74, 6) is -0.0737. The minimum atomic E-state index is -3.39. The van der Waals surface area contributed by atoms with Crippen molar-refractivity contribution >= 4 is 20.0 Å². The number of nitrogens with zero attached hydrogens (tertiary/aromatic N) is 1. The molecule has 20 heavy (non-hydrogen) atoms. The highest BCUT2D eigenvalue weighted by atomic mass is 32.2. The highest BCUT2D eigenvalue weighted by molar-refractivity contribution is 7.88. The largest absolute Gasteiger partial charge is 0.215 e. The minimum absolute atomic E-state index is 0.0737. The topological polar surface area (TPSA) is 83.6 Å². The quantitative estimate of drug-likeness (QED) is 0.702. The Morgan fingerprint density at radius 3 is 2.25 bits per heavy atom. The lowest BCUT2D eigenvalue weighted by molar-refractivity contribution is 0.465. The Hall–Kier alpha value is -0.960. The zero-order valence-corrected chi connectivity index (χ0v) is 13.2. The second-order valence-corrected chi connectivity index (χ2v) is 8.47. The van der Waals surface area contributed by atoms with E-state index < -0.39 is 20.0 Å². The van der Waals surface area contributed by atoms with Gasteiger partial charge in [-0.05, 0) is 12.0 Å². The zero-order chi connectivity index (χ0) is 15.2. The Balaban J connectivity index is 2.38. The van der Waals surface area contributed by atoms with Crippen LogP contribution in [0, 0.1) is 0 Å². The fourth-order valence-corrected chi connectivity index (χ4v) is 3.19. The molecule has 0 amide bonds. The Labute approximate surface area is 120 Å². The lowest BCUT2D eigenvalue weighted by atomic mass is 10.2. The molecule has 0 aliphatic rings. The van der Waals surface area contributed by atoms with E-state index in [1.54, 1.807) is 24.3 Å². The highest BCUT2D eigenvalue weighted by Gasteiger charge is 2.12. The summed E-state index contributed by atoms with van der Waals surface area (Å²) in [6, 6.07) is 8.88. The predicted octanol–water partition coefficient (Wildman–Crippen LogP) is 0.387. The van der Waals surface area contributed by atoms with Gasteiger partial charge in [0.2, 0.25) is 20.0 Å². The maximum Gasteiger partial charge on any atom is 0.215 e. The molecule has 0 atom stereocenters. The number of benzene rings is 1. The van der Waals surface area contributed by atoms with Crippen LogP contribution in [0.3, 0.4) is 0 Å². The van der Waals surface area contributed by atoms with Gasteiger partial charge in [0.1, 0.15) is 0 Å². The summed E-state index contributed by atoms with van der Waals surface area (Å²) in [6.07, 6.45) is 1.55. The summed E-state index contributed by atoms with van der Waals surface area (Å²) >= 11 is 0. The monoisotopic (exact) mass is 320 g/mol. The smallest absolute Gasteiger partial charge is 0.215 e. The summed E-state index contributed by atoms with van der Waals surface area (Å²) in [5.41, 5.74) is 0.716.